The van der Waals surface area contributed by atoms with E-state index in [1.807, 2.05) is 23.4 Å². The van der Waals surface area contributed by atoms with Crippen LogP contribution in [0.25, 0.3) is 0 Å². The van der Waals surface area contributed by atoms with Gasteiger partial charge >= 0.3 is 0 Å². The molecule has 0 saturated carbocycles. The van der Waals surface area contributed by atoms with Crippen LogP contribution in [-0.2, 0) is 6.42 Å². The number of nitrogens with zero attached hydrogens (tertiary/aromatic N) is 2. The number of aromatic nitrogens is 1. The van der Waals surface area contributed by atoms with E-state index in [0.29, 0.717) is 16.5 Å². The molecule has 0 N–H and O–H groups in total. The normalized spacial score (nSPS) is 17.1. The largest absolute Gasteiger partial charge is 0.495 e. The van der Waals surface area contributed by atoms with Crippen molar-refractivity contribution in [3.8, 4) is 5.75 Å². The number of methoxy groups -OCH3 is 1. The third-order valence-corrected chi connectivity index (χ3v) is 5.99. The molecule has 2 aromatic rings. The van der Waals surface area contributed by atoms with Crippen LogP contribution >= 0.6 is 22.7 Å². The fourth-order valence-electron chi connectivity index (χ4n) is 3.01. The van der Waals surface area contributed by atoms with E-state index in [-0.39, 0.29) is 5.91 Å². The maximum atomic E-state index is 12.6. The van der Waals surface area contributed by atoms with Gasteiger partial charge in [-0.15, -0.1) is 22.7 Å². The molecule has 0 aliphatic heterocycles. The maximum Gasteiger partial charge on any atom is 0.267 e. The molecule has 0 fully saturated rings. The van der Waals surface area contributed by atoms with Crippen LogP contribution < -0.4 is 4.74 Å². The molecule has 0 bridgehead atoms. The summed E-state index contributed by atoms with van der Waals surface area (Å²) < 4.78 is 5.26. The number of likely N-dealkylation sites (N-methyl/N-ethyl adjacent to an activating group) is 1. The molecule has 0 radical (unpaired) electrons. The second kappa shape index (κ2) is 6.38. The number of carbonyl (C=O) groups is 1. The summed E-state index contributed by atoms with van der Waals surface area (Å²) in [6.07, 6.45) is 3.42. The Kier molecular flexibility index (Phi) is 4.49. The zero-order valence-electron chi connectivity index (χ0n) is 13.1. The highest BCUT2D eigenvalue weighted by Gasteiger charge is 2.27. The Morgan fingerprint density at radius 2 is 2.36 bits per heavy atom. The Morgan fingerprint density at radius 1 is 1.55 bits per heavy atom. The summed E-state index contributed by atoms with van der Waals surface area (Å²) >= 11 is 3.23. The van der Waals surface area contributed by atoms with Crippen LogP contribution in [0.4, 0.5) is 0 Å². The van der Waals surface area contributed by atoms with E-state index < -0.39 is 0 Å². The van der Waals surface area contributed by atoms with Gasteiger partial charge in [-0.25, -0.2) is 4.98 Å². The number of thiophene rings is 1. The lowest BCUT2D eigenvalue weighted by atomic mass is 9.90. The summed E-state index contributed by atoms with van der Waals surface area (Å²) in [6.45, 7) is 2.78. The minimum Gasteiger partial charge on any atom is -0.495 e. The van der Waals surface area contributed by atoms with Crippen molar-refractivity contribution in [2.75, 3.05) is 20.7 Å². The topological polar surface area (TPSA) is 42.4 Å². The summed E-state index contributed by atoms with van der Waals surface area (Å²) in [5.41, 5.74) is 1.21. The van der Waals surface area contributed by atoms with Gasteiger partial charge in [-0.05, 0) is 37.6 Å². The summed E-state index contributed by atoms with van der Waals surface area (Å²) in [4.78, 5) is 21.2. The van der Waals surface area contributed by atoms with E-state index in [2.05, 4.69) is 6.92 Å². The van der Waals surface area contributed by atoms with E-state index in [1.165, 1.54) is 28.3 Å². The Morgan fingerprint density at radius 3 is 3.14 bits per heavy atom. The second-order valence-corrected chi connectivity index (χ2v) is 7.84. The van der Waals surface area contributed by atoms with Crippen LogP contribution in [0.2, 0.25) is 0 Å². The molecule has 1 atom stereocenters. The van der Waals surface area contributed by atoms with Crippen molar-refractivity contribution in [2.24, 2.45) is 0 Å². The molecule has 0 aromatic carbocycles. The number of aryl methyl sites for hydroxylation is 2. The monoisotopic (exact) mass is 336 g/mol. The molecule has 0 unspecified atom stereocenters. The Hall–Kier alpha value is -1.40. The molecule has 4 nitrogen and oxygen atoms in total. The number of hydrogen-bond acceptors (Lipinski definition) is 5. The molecular weight excluding hydrogens is 316 g/mol. The lowest BCUT2D eigenvalue weighted by Gasteiger charge is -2.26. The van der Waals surface area contributed by atoms with Crippen molar-refractivity contribution in [1.29, 1.82) is 0 Å². The Balaban J connectivity index is 1.75. The first-order valence-corrected chi connectivity index (χ1v) is 9.13. The first-order chi connectivity index (χ1) is 10.6. The predicted molar refractivity (Wildman–Crippen MR) is 90.4 cm³/mol. The molecule has 2 heterocycles. The number of amides is 1. The fraction of sp³-hybridized carbons (Fsp3) is 0.500. The third kappa shape index (κ3) is 2.90. The van der Waals surface area contributed by atoms with Crippen LogP contribution in [0.1, 0.15) is 44.0 Å². The molecule has 1 amide bonds. The molecule has 0 saturated heterocycles. The highest BCUT2D eigenvalue weighted by atomic mass is 32.1. The fourth-order valence-corrected chi connectivity index (χ4v) is 4.92. The van der Waals surface area contributed by atoms with Gasteiger partial charge in [0.2, 0.25) is 0 Å². The van der Waals surface area contributed by atoms with Crippen molar-refractivity contribution in [2.45, 2.75) is 32.1 Å². The molecular formula is C16H20N2O2S2. The van der Waals surface area contributed by atoms with Gasteiger partial charge in [0.1, 0.15) is 10.6 Å². The van der Waals surface area contributed by atoms with Crippen molar-refractivity contribution in [1.82, 2.24) is 9.88 Å². The van der Waals surface area contributed by atoms with Crippen LogP contribution in [0.3, 0.4) is 0 Å². The van der Waals surface area contributed by atoms with Gasteiger partial charge in [0.25, 0.3) is 5.91 Å². The molecule has 1 aliphatic carbocycles. The van der Waals surface area contributed by atoms with Crippen LogP contribution in [0.5, 0.6) is 5.75 Å². The molecule has 2 aromatic heterocycles. The van der Waals surface area contributed by atoms with Crippen LogP contribution in [0.15, 0.2) is 11.4 Å². The van der Waals surface area contributed by atoms with Gasteiger partial charge in [0.15, 0.2) is 0 Å². The first kappa shape index (κ1) is 15.5. The van der Waals surface area contributed by atoms with Gasteiger partial charge in [-0.1, -0.05) is 0 Å². The van der Waals surface area contributed by atoms with E-state index in [0.717, 1.165) is 24.4 Å². The smallest absolute Gasteiger partial charge is 0.267 e. The quantitative estimate of drug-likeness (QED) is 0.855. The standard InChI is InChI=1S/C16H20N2O2S2/c1-10-17-14-11(5-4-6-13(14)22-10)9-18(2)16(19)15-12(20-3)7-8-21-15/h7-8,11H,4-6,9H2,1-3H3/t11-/m1/s1. The summed E-state index contributed by atoms with van der Waals surface area (Å²) in [6, 6.07) is 1.84. The average molecular weight is 336 g/mol. The summed E-state index contributed by atoms with van der Waals surface area (Å²) in [5, 5.41) is 3.02. The molecule has 1 aliphatic rings. The van der Waals surface area contributed by atoms with Gasteiger partial charge < -0.3 is 9.64 Å². The minimum atomic E-state index is 0.0333. The first-order valence-electron chi connectivity index (χ1n) is 7.43. The number of ether oxygens (including phenoxy) is 1. The van der Waals surface area contributed by atoms with Crippen LogP contribution in [0, 0.1) is 6.92 Å². The third-order valence-electron chi connectivity index (χ3n) is 4.06. The van der Waals surface area contributed by atoms with Gasteiger partial charge in [0.05, 0.1) is 17.8 Å². The molecule has 118 valence electrons. The lowest BCUT2D eigenvalue weighted by molar-refractivity contribution is 0.0785. The number of fused-ring (bicyclic) bond motifs is 1. The zero-order chi connectivity index (χ0) is 15.7. The van der Waals surface area contributed by atoms with E-state index in [4.69, 9.17) is 9.72 Å². The van der Waals surface area contributed by atoms with Gasteiger partial charge in [-0.2, -0.15) is 0 Å². The molecule has 0 spiro atoms. The summed E-state index contributed by atoms with van der Waals surface area (Å²) in [7, 11) is 3.47. The van der Waals surface area contributed by atoms with Gasteiger partial charge in [-0.3, -0.25) is 4.79 Å². The predicted octanol–water partition coefficient (Wildman–Crippen LogP) is 3.71. The maximum absolute atomic E-state index is 12.6. The molecule has 6 heteroatoms. The average Bonchev–Trinajstić information content (AvgIpc) is 3.11. The number of hydrogen-bond donors (Lipinski definition) is 0. The molecule has 22 heavy (non-hydrogen) atoms. The van der Waals surface area contributed by atoms with E-state index >= 15 is 0 Å². The van der Waals surface area contributed by atoms with Crippen molar-refractivity contribution >= 4 is 28.6 Å². The highest BCUT2D eigenvalue weighted by molar-refractivity contribution is 7.12. The number of carbonyl (C=O) groups excluding carboxylic acids is 1. The van der Waals surface area contributed by atoms with Crippen molar-refractivity contribution in [3.05, 3.63) is 31.9 Å². The van der Waals surface area contributed by atoms with Crippen molar-refractivity contribution in [3.63, 3.8) is 0 Å². The van der Waals surface area contributed by atoms with Crippen molar-refractivity contribution < 1.29 is 9.53 Å². The lowest BCUT2D eigenvalue weighted by Crippen LogP contribution is -2.32. The zero-order valence-corrected chi connectivity index (χ0v) is 14.7. The Bertz CT molecular complexity index is 677. The Labute approximate surface area is 138 Å². The summed E-state index contributed by atoms with van der Waals surface area (Å²) in [5.74, 6) is 1.05. The van der Waals surface area contributed by atoms with E-state index in [1.54, 1.807) is 18.4 Å². The number of thiazole rings is 1. The van der Waals surface area contributed by atoms with Crippen LogP contribution in [-0.4, -0.2) is 36.5 Å². The number of rotatable bonds is 4. The van der Waals surface area contributed by atoms with E-state index in [9.17, 15) is 4.79 Å². The van der Waals surface area contributed by atoms with Gasteiger partial charge in [0, 0.05) is 24.4 Å². The minimum absolute atomic E-state index is 0.0333. The molecule has 3 rings (SSSR count). The second-order valence-electron chi connectivity index (χ2n) is 5.63. The SMILES string of the molecule is COc1ccsc1C(=O)N(C)C[C@H]1CCCc2sc(C)nc21. The highest BCUT2D eigenvalue weighted by Crippen LogP contribution is 2.35.